The van der Waals surface area contributed by atoms with Crippen molar-refractivity contribution in [2.75, 3.05) is 4.90 Å². The predicted molar refractivity (Wildman–Crippen MR) is 170 cm³/mol. The van der Waals surface area contributed by atoms with Crippen molar-refractivity contribution in [2.45, 2.75) is 0 Å². The number of benzene rings is 7. The Morgan fingerprint density at radius 1 is 0.375 bits per heavy atom. The molecule has 0 spiro atoms. The largest absolute Gasteiger partial charge is 0.310 e. The minimum absolute atomic E-state index is 1.13. The van der Waals surface area contributed by atoms with Gasteiger partial charge in [0.15, 0.2) is 0 Å². The van der Waals surface area contributed by atoms with Crippen molar-refractivity contribution in [3.63, 3.8) is 0 Å². The molecule has 0 atom stereocenters. The van der Waals surface area contributed by atoms with E-state index in [1.165, 1.54) is 49.0 Å². The first kappa shape index (κ1) is 22.6. The monoisotopic (exact) mass is 510 g/mol. The SMILES string of the molecule is c1ccc(N(c2ccccc2)c2cccc3c2c2c4ccccc4ccc2n3-c2cccc3ccccc23)cc1. The van der Waals surface area contributed by atoms with Gasteiger partial charge in [0, 0.05) is 27.5 Å². The molecule has 0 N–H and O–H groups in total. The molecule has 188 valence electrons. The summed E-state index contributed by atoms with van der Waals surface area (Å²) in [6, 6.07) is 56.6. The maximum Gasteiger partial charge on any atom is 0.0562 e. The van der Waals surface area contributed by atoms with E-state index < -0.39 is 0 Å². The van der Waals surface area contributed by atoms with Gasteiger partial charge >= 0.3 is 0 Å². The molecule has 0 unspecified atom stereocenters. The summed E-state index contributed by atoms with van der Waals surface area (Å²) in [5, 5.41) is 7.50. The molecule has 8 rings (SSSR count). The standard InChI is InChI=1S/C38H26N2/c1-3-16-29(17-4-1)39(30-18-5-2-6-19-30)34-23-12-24-35-38(34)37-32-21-10-8-14-28(32)25-26-36(37)40(35)33-22-11-15-27-13-7-9-20-31(27)33/h1-26H. The van der Waals surface area contributed by atoms with Gasteiger partial charge in [-0.1, -0.05) is 109 Å². The summed E-state index contributed by atoms with van der Waals surface area (Å²) in [7, 11) is 0. The fraction of sp³-hybridized carbons (Fsp3) is 0. The molecule has 1 aromatic heterocycles. The van der Waals surface area contributed by atoms with Crippen LogP contribution < -0.4 is 4.90 Å². The number of anilines is 3. The molecule has 0 saturated carbocycles. The van der Waals surface area contributed by atoms with E-state index >= 15 is 0 Å². The zero-order valence-electron chi connectivity index (χ0n) is 21.9. The number of hydrogen-bond acceptors (Lipinski definition) is 1. The van der Waals surface area contributed by atoms with Crippen molar-refractivity contribution >= 4 is 60.4 Å². The number of rotatable bonds is 4. The number of aromatic nitrogens is 1. The van der Waals surface area contributed by atoms with Gasteiger partial charge < -0.3 is 9.47 Å². The smallest absolute Gasteiger partial charge is 0.0562 e. The van der Waals surface area contributed by atoms with E-state index in [0.717, 1.165) is 17.1 Å². The highest BCUT2D eigenvalue weighted by atomic mass is 15.1. The highest BCUT2D eigenvalue weighted by Crippen LogP contribution is 2.46. The molecule has 0 aliphatic carbocycles. The van der Waals surface area contributed by atoms with Crippen LogP contribution in [0.2, 0.25) is 0 Å². The van der Waals surface area contributed by atoms with Crippen LogP contribution in [0, 0.1) is 0 Å². The number of hydrogen-bond donors (Lipinski definition) is 0. The molecular weight excluding hydrogens is 484 g/mol. The summed E-state index contributed by atoms with van der Waals surface area (Å²) in [5.74, 6) is 0. The van der Waals surface area contributed by atoms with E-state index in [1.54, 1.807) is 0 Å². The fourth-order valence-corrected chi connectivity index (χ4v) is 6.24. The van der Waals surface area contributed by atoms with Crippen molar-refractivity contribution in [1.29, 1.82) is 0 Å². The second-order valence-corrected chi connectivity index (χ2v) is 10.2. The Bertz CT molecular complexity index is 2110. The van der Waals surface area contributed by atoms with Gasteiger partial charge in [-0.15, -0.1) is 0 Å². The summed E-state index contributed by atoms with van der Waals surface area (Å²) >= 11 is 0. The third kappa shape index (κ3) is 3.43. The predicted octanol–water partition coefficient (Wildman–Crippen LogP) is 10.6. The first-order valence-corrected chi connectivity index (χ1v) is 13.7. The lowest BCUT2D eigenvalue weighted by molar-refractivity contribution is 1.20. The number of nitrogens with zero attached hydrogens (tertiary/aromatic N) is 2. The second-order valence-electron chi connectivity index (χ2n) is 10.2. The molecule has 1 heterocycles. The maximum atomic E-state index is 2.46. The maximum absolute atomic E-state index is 2.46. The van der Waals surface area contributed by atoms with Crippen molar-refractivity contribution in [3.8, 4) is 5.69 Å². The first-order chi connectivity index (χ1) is 19.9. The van der Waals surface area contributed by atoms with E-state index in [4.69, 9.17) is 0 Å². The Hall–Kier alpha value is -5.34. The van der Waals surface area contributed by atoms with Gasteiger partial charge in [0.2, 0.25) is 0 Å². The quantitative estimate of drug-likeness (QED) is 0.229. The molecule has 0 aliphatic heterocycles. The molecule has 0 amide bonds. The minimum atomic E-state index is 1.13. The molecule has 8 aromatic rings. The molecule has 0 radical (unpaired) electrons. The summed E-state index contributed by atoms with van der Waals surface area (Å²) in [6.45, 7) is 0. The molecule has 0 fully saturated rings. The average molecular weight is 511 g/mol. The molecule has 0 aliphatic rings. The van der Waals surface area contributed by atoms with Gasteiger partial charge in [-0.2, -0.15) is 0 Å². The molecule has 40 heavy (non-hydrogen) atoms. The average Bonchev–Trinajstić information content (AvgIpc) is 3.37. The van der Waals surface area contributed by atoms with E-state index in [0.29, 0.717) is 0 Å². The lowest BCUT2D eigenvalue weighted by atomic mass is 10.0. The first-order valence-electron chi connectivity index (χ1n) is 13.7. The Kier molecular flexibility index (Phi) is 5.17. The van der Waals surface area contributed by atoms with Crippen LogP contribution in [0.3, 0.4) is 0 Å². The molecule has 0 saturated heterocycles. The van der Waals surface area contributed by atoms with Gasteiger partial charge in [-0.05, 0) is 64.7 Å². The van der Waals surface area contributed by atoms with Gasteiger partial charge in [0.25, 0.3) is 0 Å². The van der Waals surface area contributed by atoms with Crippen LogP contribution in [0.1, 0.15) is 0 Å². The van der Waals surface area contributed by atoms with Crippen LogP contribution in [-0.4, -0.2) is 4.57 Å². The zero-order chi connectivity index (χ0) is 26.5. The van der Waals surface area contributed by atoms with Gasteiger partial charge in [0.05, 0.1) is 22.4 Å². The van der Waals surface area contributed by atoms with Crippen LogP contribution in [0.4, 0.5) is 17.1 Å². The summed E-state index contributed by atoms with van der Waals surface area (Å²) in [6.07, 6.45) is 0. The van der Waals surface area contributed by atoms with Gasteiger partial charge in [0.1, 0.15) is 0 Å². The third-order valence-electron chi connectivity index (χ3n) is 7.94. The van der Waals surface area contributed by atoms with Crippen LogP contribution in [0.15, 0.2) is 158 Å². The lowest BCUT2D eigenvalue weighted by Crippen LogP contribution is -2.10. The Morgan fingerprint density at radius 2 is 0.925 bits per heavy atom. The molecule has 2 nitrogen and oxygen atoms in total. The molecular formula is C38H26N2. The number of fused-ring (bicyclic) bond motifs is 6. The lowest BCUT2D eigenvalue weighted by Gasteiger charge is -2.26. The van der Waals surface area contributed by atoms with Crippen molar-refractivity contribution in [3.05, 3.63) is 158 Å². The number of para-hydroxylation sites is 2. The normalized spacial score (nSPS) is 11.5. The molecule has 0 bridgehead atoms. The van der Waals surface area contributed by atoms with Crippen LogP contribution in [-0.2, 0) is 0 Å². The van der Waals surface area contributed by atoms with E-state index in [-0.39, 0.29) is 0 Å². The summed E-state index contributed by atoms with van der Waals surface area (Å²) < 4.78 is 2.46. The van der Waals surface area contributed by atoms with Gasteiger partial charge in [-0.25, -0.2) is 0 Å². The van der Waals surface area contributed by atoms with E-state index in [9.17, 15) is 0 Å². The molecule has 7 aromatic carbocycles. The third-order valence-corrected chi connectivity index (χ3v) is 7.94. The van der Waals surface area contributed by atoms with Crippen LogP contribution >= 0.6 is 0 Å². The van der Waals surface area contributed by atoms with Crippen LogP contribution in [0.25, 0.3) is 49.0 Å². The summed E-state index contributed by atoms with van der Waals surface area (Å²) in [4.78, 5) is 2.39. The van der Waals surface area contributed by atoms with Gasteiger partial charge in [-0.3, -0.25) is 0 Å². The second kappa shape index (κ2) is 9.14. The summed E-state index contributed by atoms with van der Waals surface area (Å²) in [5.41, 5.74) is 7.02. The van der Waals surface area contributed by atoms with E-state index in [2.05, 4.69) is 167 Å². The van der Waals surface area contributed by atoms with E-state index in [1.807, 2.05) is 0 Å². The highest BCUT2D eigenvalue weighted by molar-refractivity contribution is 6.25. The van der Waals surface area contributed by atoms with Crippen molar-refractivity contribution < 1.29 is 0 Å². The molecule has 2 heteroatoms. The highest BCUT2D eigenvalue weighted by Gasteiger charge is 2.22. The van der Waals surface area contributed by atoms with Crippen molar-refractivity contribution in [2.24, 2.45) is 0 Å². The Balaban J connectivity index is 1.57. The Morgan fingerprint density at radius 3 is 1.65 bits per heavy atom. The zero-order valence-corrected chi connectivity index (χ0v) is 21.9. The topological polar surface area (TPSA) is 8.17 Å². The van der Waals surface area contributed by atoms with Crippen molar-refractivity contribution in [1.82, 2.24) is 4.57 Å². The Labute approximate surface area is 233 Å². The fourth-order valence-electron chi connectivity index (χ4n) is 6.24. The van der Waals surface area contributed by atoms with Crippen LogP contribution in [0.5, 0.6) is 0 Å². The minimum Gasteiger partial charge on any atom is -0.310 e.